The van der Waals surface area contributed by atoms with E-state index < -0.39 is 5.97 Å². The van der Waals surface area contributed by atoms with Gasteiger partial charge in [0, 0.05) is 16.6 Å². The number of aromatic nitrogens is 1. The number of hydrogen-bond donors (Lipinski definition) is 1. The third-order valence-corrected chi connectivity index (χ3v) is 3.89. The Morgan fingerprint density at radius 2 is 1.85 bits per heavy atom. The van der Waals surface area contributed by atoms with Crippen molar-refractivity contribution in [1.29, 1.82) is 0 Å². The predicted molar refractivity (Wildman–Crippen MR) is 80.4 cm³/mol. The molecule has 0 amide bonds. The van der Waals surface area contributed by atoms with E-state index in [0.717, 1.165) is 0 Å². The predicted octanol–water partition coefficient (Wildman–Crippen LogP) is 5.29. The van der Waals surface area contributed by atoms with Gasteiger partial charge in [0.15, 0.2) is 0 Å². The number of benzene rings is 1. The van der Waals surface area contributed by atoms with E-state index in [0.29, 0.717) is 14.5 Å². The van der Waals surface area contributed by atoms with Gasteiger partial charge in [0.25, 0.3) is 0 Å². The number of ether oxygens (including phenoxy) is 1. The zero-order valence-electron chi connectivity index (χ0n) is 9.53. The summed E-state index contributed by atoms with van der Waals surface area (Å²) >= 11 is 20.9. The second-order valence-corrected chi connectivity index (χ2v) is 5.68. The monoisotopic (exact) mass is 395 g/mol. The second-order valence-electron chi connectivity index (χ2n) is 3.62. The van der Waals surface area contributed by atoms with Crippen LogP contribution >= 0.6 is 50.7 Å². The van der Waals surface area contributed by atoms with Crippen molar-refractivity contribution in [2.24, 2.45) is 0 Å². The lowest BCUT2D eigenvalue weighted by atomic mass is 10.3. The van der Waals surface area contributed by atoms with Gasteiger partial charge in [-0.05, 0) is 28.1 Å². The highest BCUT2D eigenvalue weighted by Crippen LogP contribution is 2.36. The van der Waals surface area contributed by atoms with Crippen LogP contribution in [0.3, 0.4) is 0 Å². The number of carboxylic acid groups (broad SMARTS) is 1. The Hall–Kier alpha value is -1.01. The Morgan fingerprint density at radius 1 is 1.15 bits per heavy atom. The van der Waals surface area contributed by atoms with Crippen molar-refractivity contribution >= 4 is 56.7 Å². The van der Waals surface area contributed by atoms with Crippen molar-refractivity contribution in [3.8, 4) is 11.6 Å². The summed E-state index contributed by atoms with van der Waals surface area (Å²) in [6.45, 7) is 0. The Labute approximate surface area is 137 Å². The third-order valence-electron chi connectivity index (χ3n) is 2.21. The molecule has 2 rings (SSSR count). The topological polar surface area (TPSA) is 59.4 Å². The molecule has 0 aliphatic heterocycles. The molecule has 0 aliphatic carbocycles. The van der Waals surface area contributed by atoms with Crippen LogP contribution in [-0.2, 0) is 0 Å². The number of halogens is 4. The summed E-state index contributed by atoms with van der Waals surface area (Å²) < 4.78 is 6.03. The summed E-state index contributed by atoms with van der Waals surface area (Å²) in [5.41, 5.74) is -0.0423. The summed E-state index contributed by atoms with van der Waals surface area (Å²) in [6.07, 6.45) is 0. The van der Waals surface area contributed by atoms with Crippen LogP contribution in [0, 0.1) is 0 Å². The maximum absolute atomic E-state index is 10.9. The molecule has 0 saturated heterocycles. The minimum atomic E-state index is -1.14. The Morgan fingerprint density at radius 3 is 2.50 bits per heavy atom. The number of pyridine rings is 1. The summed E-state index contributed by atoms with van der Waals surface area (Å²) in [6, 6.07) is 5.49. The quantitative estimate of drug-likeness (QED) is 0.564. The molecular weight excluding hydrogens is 392 g/mol. The van der Waals surface area contributed by atoms with Gasteiger partial charge in [0.1, 0.15) is 10.9 Å². The van der Waals surface area contributed by atoms with Gasteiger partial charge in [-0.25, -0.2) is 9.78 Å². The number of aromatic carboxylic acids is 1. The van der Waals surface area contributed by atoms with Crippen molar-refractivity contribution in [2.45, 2.75) is 0 Å². The van der Waals surface area contributed by atoms with Gasteiger partial charge in [0.2, 0.25) is 5.88 Å². The van der Waals surface area contributed by atoms with Crippen LogP contribution in [-0.4, -0.2) is 16.1 Å². The molecule has 0 atom stereocenters. The molecule has 0 bridgehead atoms. The van der Waals surface area contributed by atoms with Gasteiger partial charge < -0.3 is 9.84 Å². The summed E-state index contributed by atoms with van der Waals surface area (Å²) in [5.74, 6) is -0.889. The maximum Gasteiger partial charge on any atom is 0.335 e. The molecule has 0 radical (unpaired) electrons. The first kappa shape index (κ1) is 15.4. The molecule has 0 fully saturated rings. The molecule has 0 aliphatic rings. The van der Waals surface area contributed by atoms with Gasteiger partial charge in [-0.15, -0.1) is 0 Å². The average Bonchev–Trinajstić information content (AvgIpc) is 2.35. The first-order valence-corrected chi connectivity index (χ1v) is 7.03. The number of hydrogen-bond acceptors (Lipinski definition) is 3. The molecule has 4 nitrogen and oxygen atoms in total. The van der Waals surface area contributed by atoms with Crippen LogP contribution in [0.5, 0.6) is 11.6 Å². The van der Waals surface area contributed by atoms with Gasteiger partial charge in [0.05, 0.1) is 15.6 Å². The molecule has 1 aromatic carbocycles. The Bertz CT molecular complexity index is 694. The molecule has 1 aromatic heterocycles. The van der Waals surface area contributed by atoms with Crippen LogP contribution < -0.4 is 4.74 Å². The van der Waals surface area contributed by atoms with Crippen LogP contribution in [0.25, 0.3) is 0 Å². The standard InChI is InChI=1S/C12H5BrCl3NO3/c13-6-3-8(15)9(4-7(6)14)20-11-2-5(12(18)19)1-10(16)17-11/h1-4H,(H,18,19). The van der Waals surface area contributed by atoms with Crippen molar-refractivity contribution in [1.82, 2.24) is 4.98 Å². The first-order chi connectivity index (χ1) is 9.36. The maximum atomic E-state index is 10.9. The van der Waals surface area contributed by atoms with Crippen LogP contribution in [0.15, 0.2) is 28.7 Å². The molecule has 104 valence electrons. The highest BCUT2D eigenvalue weighted by atomic mass is 79.9. The lowest BCUT2D eigenvalue weighted by Gasteiger charge is -2.09. The molecule has 0 spiro atoms. The average molecular weight is 397 g/mol. The number of nitrogens with zero attached hydrogens (tertiary/aromatic N) is 1. The molecular formula is C12H5BrCl3NO3. The molecule has 8 heteroatoms. The van der Waals surface area contributed by atoms with Crippen molar-refractivity contribution in [3.63, 3.8) is 0 Å². The zero-order chi connectivity index (χ0) is 14.9. The minimum absolute atomic E-state index is 0.000712. The minimum Gasteiger partial charge on any atom is -0.478 e. The molecule has 0 saturated carbocycles. The lowest BCUT2D eigenvalue weighted by molar-refractivity contribution is 0.0696. The summed E-state index contributed by atoms with van der Waals surface area (Å²) in [7, 11) is 0. The smallest absolute Gasteiger partial charge is 0.335 e. The number of carboxylic acids is 1. The van der Waals surface area contributed by atoms with E-state index in [-0.39, 0.29) is 22.3 Å². The van der Waals surface area contributed by atoms with Gasteiger partial charge in [-0.1, -0.05) is 34.8 Å². The van der Waals surface area contributed by atoms with E-state index in [1.54, 1.807) is 6.07 Å². The first-order valence-electron chi connectivity index (χ1n) is 5.10. The van der Waals surface area contributed by atoms with E-state index in [2.05, 4.69) is 20.9 Å². The Balaban J connectivity index is 2.40. The van der Waals surface area contributed by atoms with Crippen molar-refractivity contribution in [2.75, 3.05) is 0 Å². The van der Waals surface area contributed by atoms with Crippen LogP contribution in [0.4, 0.5) is 0 Å². The summed E-state index contributed by atoms with van der Waals surface area (Å²) in [4.78, 5) is 14.8. The highest BCUT2D eigenvalue weighted by Gasteiger charge is 2.12. The molecule has 20 heavy (non-hydrogen) atoms. The second kappa shape index (κ2) is 6.18. The largest absolute Gasteiger partial charge is 0.478 e. The van der Waals surface area contributed by atoms with Gasteiger partial charge in [-0.3, -0.25) is 0 Å². The van der Waals surface area contributed by atoms with E-state index in [4.69, 9.17) is 44.6 Å². The van der Waals surface area contributed by atoms with E-state index in [1.165, 1.54) is 18.2 Å². The Kier molecular flexibility index (Phi) is 4.75. The van der Waals surface area contributed by atoms with Gasteiger partial charge in [-0.2, -0.15) is 0 Å². The molecule has 1 heterocycles. The van der Waals surface area contributed by atoms with Crippen molar-refractivity contribution < 1.29 is 14.6 Å². The van der Waals surface area contributed by atoms with E-state index in [1.807, 2.05) is 0 Å². The molecule has 2 aromatic rings. The third kappa shape index (κ3) is 3.55. The molecule has 0 unspecified atom stereocenters. The zero-order valence-corrected chi connectivity index (χ0v) is 13.4. The fourth-order valence-corrected chi connectivity index (χ4v) is 2.38. The van der Waals surface area contributed by atoms with Crippen LogP contribution in [0.2, 0.25) is 15.2 Å². The van der Waals surface area contributed by atoms with E-state index in [9.17, 15) is 4.79 Å². The van der Waals surface area contributed by atoms with E-state index >= 15 is 0 Å². The fraction of sp³-hybridized carbons (Fsp3) is 0. The lowest BCUT2D eigenvalue weighted by Crippen LogP contribution is -1.99. The normalized spacial score (nSPS) is 10.4. The van der Waals surface area contributed by atoms with Crippen LogP contribution in [0.1, 0.15) is 10.4 Å². The number of rotatable bonds is 3. The summed E-state index contributed by atoms with van der Waals surface area (Å²) in [5, 5.41) is 9.62. The highest BCUT2D eigenvalue weighted by molar-refractivity contribution is 9.10. The van der Waals surface area contributed by atoms with Gasteiger partial charge >= 0.3 is 5.97 Å². The molecule has 1 N–H and O–H groups in total. The van der Waals surface area contributed by atoms with Crippen molar-refractivity contribution in [3.05, 3.63) is 49.5 Å². The number of carbonyl (C=O) groups is 1. The fourth-order valence-electron chi connectivity index (χ4n) is 1.34. The SMILES string of the molecule is O=C(O)c1cc(Cl)nc(Oc2cc(Cl)c(Br)cc2Cl)c1.